The van der Waals surface area contributed by atoms with Gasteiger partial charge in [0, 0.05) is 5.54 Å². The summed E-state index contributed by atoms with van der Waals surface area (Å²) in [4.78, 5) is 0. The van der Waals surface area contributed by atoms with Crippen molar-refractivity contribution in [1.29, 1.82) is 0 Å². The van der Waals surface area contributed by atoms with Gasteiger partial charge in [-0.25, -0.2) is 0 Å². The van der Waals surface area contributed by atoms with Crippen molar-refractivity contribution in [2.24, 2.45) is 0 Å². The zero-order valence-corrected chi connectivity index (χ0v) is 10.9. The Bertz CT molecular complexity index is 277. The number of unbranched alkanes of at least 4 members (excludes halogenated alkanes) is 3. The number of nitrogens with one attached hydrogen (secondary N) is 1. The molecule has 0 spiro atoms. The average molecular weight is 219 g/mol. The van der Waals surface area contributed by atoms with E-state index in [1.165, 1.54) is 31.2 Å². The first-order valence-corrected chi connectivity index (χ1v) is 6.47. The van der Waals surface area contributed by atoms with E-state index in [0.29, 0.717) is 0 Å². The fourth-order valence-electron chi connectivity index (χ4n) is 1.91. The van der Waals surface area contributed by atoms with Gasteiger partial charge in [-0.05, 0) is 32.4 Å². The third-order valence-corrected chi connectivity index (χ3v) is 3.09. The van der Waals surface area contributed by atoms with E-state index >= 15 is 0 Å². The molecule has 1 aromatic carbocycles. The lowest BCUT2D eigenvalue weighted by molar-refractivity contribution is 0.395. The molecule has 0 radical (unpaired) electrons. The first-order chi connectivity index (χ1) is 7.67. The molecule has 0 saturated heterocycles. The first kappa shape index (κ1) is 13.2. The fraction of sp³-hybridized carbons (Fsp3) is 0.600. The highest BCUT2D eigenvalue weighted by atomic mass is 14.9. The van der Waals surface area contributed by atoms with Crippen LogP contribution in [0.5, 0.6) is 0 Å². The van der Waals surface area contributed by atoms with Gasteiger partial charge < -0.3 is 5.32 Å². The van der Waals surface area contributed by atoms with Gasteiger partial charge in [0.15, 0.2) is 0 Å². The van der Waals surface area contributed by atoms with Crippen molar-refractivity contribution in [2.45, 2.75) is 52.0 Å². The van der Waals surface area contributed by atoms with Gasteiger partial charge >= 0.3 is 0 Å². The maximum atomic E-state index is 3.63. The lowest BCUT2D eigenvalue weighted by Crippen LogP contribution is -2.37. The third-order valence-electron chi connectivity index (χ3n) is 3.09. The Hall–Kier alpha value is -0.820. The van der Waals surface area contributed by atoms with E-state index in [2.05, 4.69) is 56.4 Å². The molecule has 1 heteroatoms. The molecule has 0 aromatic heterocycles. The molecule has 1 N–H and O–H groups in total. The maximum absolute atomic E-state index is 3.63. The smallest absolute Gasteiger partial charge is 0.0377 e. The number of benzene rings is 1. The lowest BCUT2D eigenvalue weighted by atomic mass is 9.94. The van der Waals surface area contributed by atoms with E-state index in [-0.39, 0.29) is 5.54 Å². The molecule has 0 aliphatic rings. The van der Waals surface area contributed by atoms with Crippen LogP contribution in [0.3, 0.4) is 0 Å². The Kier molecular flexibility index (Phi) is 5.54. The zero-order valence-electron chi connectivity index (χ0n) is 10.9. The van der Waals surface area contributed by atoms with Crippen LogP contribution in [0.2, 0.25) is 0 Å². The summed E-state index contributed by atoms with van der Waals surface area (Å²) in [6.07, 6.45) is 5.29. The van der Waals surface area contributed by atoms with E-state index in [4.69, 9.17) is 0 Å². The van der Waals surface area contributed by atoms with E-state index in [0.717, 1.165) is 6.54 Å². The van der Waals surface area contributed by atoms with Crippen LogP contribution in [0.1, 0.15) is 52.0 Å². The van der Waals surface area contributed by atoms with Crippen LogP contribution < -0.4 is 5.32 Å². The van der Waals surface area contributed by atoms with E-state index in [1.54, 1.807) is 0 Å². The molecule has 0 heterocycles. The van der Waals surface area contributed by atoms with Gasteiger partial charge in [0.1, 0.15) is 0 Å². The molecule has 0 bridgehead atoms. The summed E-state index contributed by atoms with van der Waals surface area (Å²) in [5.74, 6) is 0. The minimum absolute atomic E-state index is 0.0907. The first-order valence-electron chi connectivity index (χ1n) is 6.47. The molecule has 0 amide bonds. The van der Waals surface area contributed by atoms with Crippen molar-refractivity contribution in [2.75, 3.05) is 6.54 Å². The molecule has 0 saturated carbocycles. The molecule has 0 atom stereocenters. The Balaban J connectivity index is 2.35. The Morgan fingerprint density at radius 1 is 1.00 bits per heavy atom. The Morgan fingerprint density at radius 3 is 2.31 bits per heavy atom. The lowest BCUT2D eigenvalue weighted by Gasteiger charge is -2.27. The monoisotopic (exact) mass is 219 g/mol. The third kappa shape index (κ3) is 4.36. The molecular weight excluding hydrogens is 194 g/mol. The topological polar surface area (TPSA) is 12.0 Å². The summed E-state index contributed by atoms with van der Waals surface area (Å²) in [5.41, 5.74) is 1.46. The molecule has 0 fully saturated rings. The number of hydrogen-bond donors (Lipinski definition) is 1. The van der Waals surface area contributed by atoms with Crippen molar-refractivity contribution >= 4 is 0 Å². The minimum Gasteiger partial charge on any atom is -0.308 e. The Labute approximate surface area is 100 Å². The number of hydrogen-bond acceptors (Lipinski definition) is 1. The maximum Gasteiger partial charge on any atom is 0.0377 e. The molecule has 90 valence electrons. The molecule has 1 aromatic rings. The second kappa shape index (κ2) is 6.70. The second-order valence-corrected chi connectivity index (χ2v) is 4.98. The second-order valence-electron chi connectivity index (χ2n) is 4.98. The van der Waals surface area contributed by atoms with E-state index in [1.807, 2.05) is 0 Å². The molecule has 1 rings (SSSR count). The molecule has 1 nitrogen and oxygen atoms in total. The van der Waals surface area contributed by atoms with Crippen LogP contribution in [0.4, 0.5) is 0 Å². The van der Waals surface area contributed by atoms with E-state index in [9.17, 15) is 0 Å². The van der Waals surface area contributed by atoms with Crippen LogP contribution in [-0.4, -0.2) is 6.54 Å². The summed E-state index contributed by atoms with van der Waals surface area (Å²) < 4.78 is 0. The predicted molar refractivity (Wildman–Crippen MR) is 71.6 cm³/mol. The highest BCUT2D eigenvalue weighted by Crippen LogP contribution is 2.19. The molecular formula is C15H25N. The van der Waals surface area contributed by atoms with Gasteiger partial charge in [-0.2, -0.15) is 0 Å². The number of rotatable bonds is 7. The Morgan fingerprint density at radius 2 is 1.69 bits per heavy atom. The molecule has 16 heavy (non-hydrogen) atoms. The predicted octanol–water partition coefficient (Wildman–Crippen LogP) is 4.09. The van der Waals surface area contributed by atoms with E-state index < -0.39 is 0 Å². The highest BCUT2D eigenvalue weighted by molar-refractivity contribution is 5.22. The van der Waals surface area contributed by atoms with Crippen LogP contribution >= 0.6 is 0 Å². The average Bonchev–Trinajstić information content (AvgIpc) is 2.30. The zero-order chi connectivity index (χ0) is 11.9. The minimum atomic E-state index is 0.0907. The normalized spacial score (nSPS) is 11.7. The summed E-state index contributed by atoms with van der Waals surface area (Å²) in [6.45, 7) is 7.87. The summed E-state index contributed by atoms with van der Waals surface area (Å²) in [6, 6.07) is 10.7. The van der Waals surface area contributed by atoms with Gasteiger partial charge in [0.2, 0.25) is 0 Å². The van der Waals surface area contributed by atoms with Crippen LogP contribution in [0.25, 0.3) is 0 Å². The van der Waals surface area contributed by atoms with Crippen molar-refractivity contribution in [1.82, 2.24) is 5.32 Å². The molecule has 0 aliphatic carbocycles. The van der Waals surface area contributed by atoms with Crippen LogP contribution in [-0.2, 0) is 5.54 Å². The summed E-state index contributed by atoms with van der Waals surface area (Å²) in [5, 5.41) is 3.63. The highest BCUT2D eigenvalue weighted by Gasteiger charge is 2.18. The standard InChI is InChI=1S/C15H25N/c1-4-5-6-10-13-16-15(2,3)14-11-8-7-9-12-14/h7-9,11-12,16H,4-6,10,13H2,1-3H3. The SMILES string of the molecule is CCCCCCNC(C)(C)c1ccccc1. The van der Waals surface area contributed by atoms with Gasteiger partial charge in [-0.3, -0.25) is 0 Å². The van der Waals surface area contributed by atoms with Crippen molar-refractivity contribution in [3.05, 3.63) is 35.9 Å². The summed E-state index contributed by atoms with van der Waals surface area (Å²) >= 11 is 0. The van der Waals surface area contributed by atoms with Gasteiger partial charge in [0.05, 0.1) is 0 Å². The van der Waals surface area contributed by atoms with Crippen molar-refractivity contribution in [3.8, 4) is 0 Å². The van der Waals surface area contributed by atoms with Gasteiger partial charge in [-0.1, -0.05) is 56.5 Å². The fourth-order valence-corrected chi connectivity index (χ4v) is 1.91. The quantitative estimate of drug-likeness (QED) is 0.681. The van der Waals surface area contributed by atoms with Gasteiger partial charge in [-0.15, -0.1) is 0 Å². The molecule has 0 aliphatic heterocycles. The largest absolute Gasteiger partial charge is 0.308 e. The van der Waals surface area contributed by atoms with Crippen LogP contribution in [0, 0.1) is 0 Å². The van der Waals surface area contributed by atoms with Gasteiger partial charge in [0.25, 0.3) is 0 Å². The summed E-state index contributed by atoms with van der Waals surface area (Å²) in [7, 11) is 0. The van der Waals surface area contributed by atoms with Crippen molar-refractivity contribution < 1.29 is 0 Å². The van der Waals surface area contributed by atoms with Crippen molar-refractivity contribution in [3.63, 3.8) is 0 Å². The molecule has 0 unspecified atom stereocenters. The van der Waals surface area contributed by atoms with Crippen LogP contribution in [0.15, 0.2) is 30.3 Å².